The van der Waals surface area contributed by atoms with Crippen LogP contribution in [0.15, 0.2) is 54.6 Å². The fourth-order valence-corrected chi connectivity index (χ4v) is 2.85. The highest BCUT2D eigenvalue weighted by Gasteiger charge is 2.20. The second kappa shape index (κ2) is 9.36. The first-order valence-electron chi connectivity index (χ1n) is 8.47. The average molecular weight is 375 g/mol. The number of piperazine rings is 1. The topological polar surface area (TPSA) is 58.6 Å². The van der Waals surface area contributed by atoms with Gasteiger partial charge in [0.2, 0.25) is 0 Å². The van der Waals surface area contributed by atoms with Gasteiger partial charge in [-0.25, -0.2) is 0 Å². The standard InChI is InChI=1S/C20H22N2O3.ClH/c1-15-13-22(12-11-21-15)19(23)14-25-18-9-7-17(8-10-18)20(24)16-5-3-2-4-6-16;/h2-10,15,21H,11-14H2,1H3;1H. The van der Waals surface area contributed by atoms with Crippen molar-refractivity contribution in [1.82, 2.24) is 10.2 Å². The van der Waals surface area contributed by atoms with E-state index in [0.29, 0.717) is 36.0 Å². The summed E-state index contributed by atoms with van der Waals surface area (Å²) in [6, 6.07) is 16.4. The Kier molecular flexibility index (Phi) is 7.18. The molecule has 1 unspecified atom stereocenters. The van der Waals surface area contributed by atoms with Crippen LogP contribution in [0.1, 0.15) is 22.8 Å². The van der Waals surface area contributed by atoms with Crippen molar-refractivity contribution in [2.45, 2.75) is 13.0 Å². The van der Waals surface area contributed by atoms with Crippen molar-refractivity contribution < 1.29 is 14.3 Å². The van der Waals surface area contributed by atoms with E-state index in [9.17, 15) is 9.59 Å². The molecule has 1 fully saturated rings. The predicted octanol–water partition coefficient (Wildman–Crippen LogP) is 2.54. The van der Waals surface area contributed by atoms with Crippen molar-refractivity contribution in [2.75, 3.05) is 26.2 Å². The molecule has 0 aromatic heterocycles. The summed E-state index contributed by atoms with van der Waals surface area (Å²) in [6.45, 7) is 4.29. The molecular weight excluding hydrogens is 352 g/mol. The van der Waals surface area contributed by atoms with E-state index in [4.69, 9.17) is 4.74 Å². The van der Waals surface area contributed by atoms with Gasteiger partial charge in [-0.2, -0.15) is 0 Å². The number of hydrogen-bond donors (Lipinski definition) is 1. The fourth-order valence-electron chi connectivity index (χ4n) is 2.85. The van der Waals surface area contributed by atoms with Gasteiger partial charge in [0.1, 0.15) is 5.75 Å². The number of amides is 1. The Morgan fingerprint density at radius 1 is 1.08 bits per heavy atom. The minimum Gasteiger partial charge on any atom is -0.484 e. The Bertz CT molecular complexity index is 734. The molecule has 26 heavy (non-hydrogen) atoms. The summed E-state index contributed by atoms with van der Waals surface area (Å²) >= 11 is 0. The van der Waals surface area contributed by atoms with Gasteiger partial charge in [0.05, 0.1) is 0 Å². The van der Waals surface area contributed by atoms with Gasteiger partial charge in [0.25, 0.3) is 5.91 Å². The van der Waals surface area contributed by atoms with Crippen molar-refractivity contribution in [3.8, 4) is 5.75 Å². The van der Waals surface area contributed by atoms with Gasteiger partial charge in [0, 0.05) is 36.8 Å². The first kappa shape index (κ1) is 19.9. The van der Waals surface area contributed by atoms with Crippen LogP contribution in [0.2, 0.25) is 0 Å². The number of halogens is 1. The third-order valence-electron chi connectivity index (χ3n) is 4.24. The number of nitrogens with zero attached hydrogens (tertiary/aromatic N) is 1. The van der Waals surface area contributed by atoms with Crippen LogP contribution in [0.3, 0.4) is 0 Å². The van der Waals surface area contributed by atoms with Gasteiger partial charge < -0.3 is 15.0 Å². The van der Waals surface area contributed by atoms with E-state index >= 15 is 0 Å². The molecule has 1 aliphatic rings. The van der Waals surface area contributed by atoms with Crippen LogP contribution in [-0.2, 0) is 4.79 Å². The highest BCUT2D eigenvalue weighted by molar-refractivity contribution is 6.08. The zero-order valence-electron chi connectivity index (χ0n) is 14.7. The highest BCUT2D eigenvalue weighted by atomic mass is 35.5. The molecule has 5 nitrogen and oxygen atoms in total. The molecule has 6 heteroatoms. The maximum Gasteiger partial charge on any atom is 0.260 e. The van der Waals surface area contributed by atoms with E-state index < -0.39 is 0 Å². The van der Waals surface area contributed by atoms with Crippen molar-refractivity contribution in [3.63, 3.8) is 0 Å². The van der Waals surface area contributed by atoms with Crippen LogP contribution in [0.25, 0.3) is 0 Å². The molecule has 1 N–H and O–H groups in total. The zero-order chi connectivity index (χ0) is 17.6. The Morgan fingerprint density at radius 3 is 2.38 bits per heavy atom. The summed E-state index contributed by atoms with van der Waals surface area (Å²) in [7, 11) is 0. The van der Waals surface area contributed by atoms with Gasteiger partial charge in [-0.05, 0) is 31.2 Å². The molecule has 2 aromatic carbocycles. The molecule has 1 heterocycles. The average Bonchev–Trinajstić information content (AvgIpc) is 2.66. The van der Waals surface area contributed by atoms with Crippen LogP contribution in [0, 0.1) is 0 Å². The summed E-state index contributed by atoms with van der Waals surface area (Å²) in [5, 5.41) is 3.30. The van der Waals surface area contributed by atoms with E-state index in [2.05, 4.69) is 12.2 Å². The van der Waals surface area contributed by atoms with Crippen molar-refractivity contribution >= 4 is 24.1 Å². The molecule has 3 rings (SSSR count). The quantitative estimate of drug-likeness (QED) is 0.817. The molecule has 0 saturated carbocycles. The molecule has 0 bridgehead atoms. The predicted molar refractivity (Wildman–Crippen MR) is 103 cm³/mol. The Morgan fingerprint density at radius 2 is 1.73 bits per heavy atom. The number of nitrogens with one attached hydrogen (secondary N) is 1. The van der Waals surface area contributed by atoms with Crippen LogP contribution in [-0.4, -0.2) is 48.9 Å². The van der Waals surface area contributed by atoms with Gasteiger partial charge in [-0.3, -0.25) is 9.59 Å². The van der Waals surface area contributed by atoms with Gasteiger partial charge >= 0.3 is 0 Å². The third kappa shape index (κ3) is 5.07. The fraction of sp³-hybridized carbons (Fsp3) is 0.300. The van der Waals surface area contributed by atoms with Gasteiger partial charge in [-0.15, -0.1) is 12.4 Å². The molecule has 138 valence electrons. The Hall–Kier alpha value is -2.37. The number of ketones is 1. The lowest BCUT2D eigenvalue weighted by Gasteiger charge is -2.31. The van der Waals surface area contributed by atoms with E-state index in [1.807, 2.05) is 23.1 Å². The molecule has 1 atom stereocenters. The van der Waals surface area contributed by atoms with Crippen molar-refractivity contribution in [3.05, 3.63) is 65.7 Å². The first-order valence-corrected chi connectivity index (χ1v) is 8.47. The summed E-state index contributed by atoms with van der Waals surface area (Å²) in [6.07, 6.45) is 0. The summed E-state index contributed by atoms with van der Waals surface area (Å²) in [5.74, 6) is 0.539. The molecule has 1 aliphatic heterocycles. The summed E-state index contributed by atoms with van der Waals surface area (Å²) < 4.78 is 5.57. The smallest absolute Gasteiger partial charge is 0.260 e. The van der Waals surface area contributed by atoms with Crippen LogP contribution >= 0.6 is 12.4 Å². The maximum atomic E-state index is 12.4. The number of benzene rings is 2. The van der Waals surface area contributed by atoms with Gasteiger partial charge in [0.15, 0.2) is 12.4 Å². The Labute approximate surface area is 159 Å². The highest BCUT2D eigenvalue weighted by Crippen LogP contribution is 2.15. The van der Waals surface area contributed by atoms with E-state index in [0.717, 1.165) is 6.54 Å². The lowest BCUT2D eigenvalue weighted by atomic mass is 10.0. The number of carbonyl (C=O) groups excluding carboxylic acids is 2. The molecule has 1 saturated heterocycles. The molecular formula is C20H23ClN2O3. The van der Waals surface area contributed by atoms with Crippen LogP contribution < -0.4 is 10.1 Å². The molecule has 1 amide bonds. The minimum atomic E-state index is -0.0296. The number of rotatable bonds is 5. The van der Waals surface area contributed by atoms with Crippen molar-refractivity contribution in [2.24, 2.45) is 0 Å². The van der Waals surface area contributed by atoms with Crippen LogP contribution in [0.4, 0.5) is 0 Å². The van der Waals surface area contributed by atoms with E-state index in [-0.39, 0.29) is 30.7 Å². The van der Waals surface area contributed by atoms with Gasteiger partial charge in [-0.1, -0.05) is 30.3 Å². The monoisotopic (exact) mass is 374 g/mol. The van der Waals surface area contributed by atoms with E-state index in [1.165, 1.54) is 0 Å². The van der Waals surface area contributed by atoms with E-state index in [1.54, 1.807) is 36.4 Å². The number of ether oxygens (including phenoxy) is 1. The first-order chi connectivity index (χ1) is 12.1. The normalized spacial score (nSPS) is 16.5. The Balaban J connectivity index is 0.00000243. The molecule has 2 aromatic rings. The number of hydrogen-bond acceptors (Lipinski definition) is 4. The third-order valence-corrected chi connectivity index (χ3v) is 4.24. The molecule has 0 aliphatic carbocycles. The van der Waals surface area contributed by atoms with Crippen molar-refractivity contribution in [1.29, 1.82) is 0 Å². The zero-order valence-corrected chi connectivity index (χ0v) is 15.5. The SMILES string of the molecule is CC1CN(C(=O)COc2ccc(C(=O)c3ccccc3)cc2)CCN1.Cl. The summed E-state index contributed by atoms with van der Waals surface area (Å²) in [5.41, 5.74) is 1.25. The lowest BCUT2D eigenvalue weighted by Crippen LogP contribution is -2.52. The summed E-state index contributed by atoms with van der Waals surface area (Å²) in [4.78, 5) is 26.4. The number of carbonyl (C=O) groups is 2. The maximum absolute atomic E-state index is 12.4. The minimum absolute atomic E-state index is 0. The molecule has 0 radical (unpaired) electrons. The second-order valence-corrected chi connectivity index (χ2v) is 6.20. The lowest BCUT2D eigenvalue weighted by molar-refractivity contribution is -0.134. The molecule has 0 spiro atoms. The second-order valence-electron chi connectivity index (χ2n) is 6.20. The largest absolute Gasteiger partial charge is 0.484 e. The van der Waals surface area contributed by atoms with Crippen LogP contribution in [0.5, 0.6) is 5.75 Å².